The topological polar surface area (TPSA) is 51.8 Å². The van der Waals surface area contributed by atoms with E-state index in [-0.39, 0.29) is 5.92 Å². The second-order valence-electron chi connectivity index (χ2n) is 4.16. The van der Waals surface area contributed by atoms with Gasteiger partial charge in [-0.2, -0.15) is 0 Å². The molecule has 0 spiro atoms. The van der Waals surface area contributed by atoms with E-state index in [1.54, 1.807) is 0 Å². The Morgan fingerprint density at radius 2 is 1.94 bits per heavy atom. The van der Waals surface area contributed by atoms with Crippen LogP contribution in [0.15, 0.2) is 40.5 Å². The number of hydrogen-bond donors (Lipinski definition) is 1. The summed E-state index contributed by atoms with van der Waals surface area (Å²) < 4.78 is 0. The van der Waals surface area contributed by atoms with Crippen molar-refractivity contribution in [1.29, 1.82) is 0 Å². The Bertz CT molecular complexity index is 558. The summed E-state index contributed by atoms with van der Waals surface area (Å²) in [5.74, 6) is 0.811. The predicted molar refractivity (Wildman–Crippen MR) is 76.1 cm³/mol. The molecule has 18 heavy (non-hydrogen) atoms. The summed E-state index contributed by atoms with van der Waals surface area (Å²) in [6.45, 7) is 4.15. The molecule has 0 amide bonds. The van der Waals surface area contributed by atoms with Gasteiger partial charge in [0.2, 0.25) is 0 Å². The zero-order valence-electron chi connectivity index (χ0n) is 10.2. The van der Waals surface area contributed by atoms with Gasteiger partial charge in [-0.3, -0.25) is 0 Å². The molecule has 0 radical (unpaired) electrons. The van der Waals surface area contributed by atoms with Crippen molar-refractivity contribution in [3.05, 3.63) is 41.2 Å². The fourth-order valence-corrected chi connectivity index (χ4v) is 2.97. The number of halogens is 1. The zero-order valence-corrected chi connectivity index (χ0v) is 11.8. The number of nitrogens with zero attached hydrogens (tertiary/aromatic N) is 2. The highest BCUT2D eigenvalue weighted by atomic mass is 35.5. The van der Waals surface area contributed by atoms with Crippen LogP contribution in [-0.2, 0) is 0 Å². The summed E-state index contributed by atoms with van der Waals surface area (Å²) in [6.07, 6.45) is 1.49. The molecule has 2 rings (SSSR count). The molecule has 0 bridgehead atoms. The molecule has 94 valence electrons. The van der Waals surface area contributed by atoms with E-state index < -0.39 is 0 Å². The van der Waals surface area contributed by atoms with E-state index >= 15 is 0 Å². The van der Waals surface area contributed by atoms with Crippen molar-refractivity contribution in [3.63, 3.8) is 0 Å². The van der Waals surface area contributed by atoms with Gasteiger partial charge in [0.05, 0.1) is 5.02 Å². The number of benzene rings is 1. The first-order valence-corrected chi connectivity index (χ1v) is 6.81. The third-order valence-electron chi connectivity index (χ3n) is 2.50. The molecule has 1 heterocycles. The number of hydrogen-bond acceptors (Lipinski definition) is 4. The van der Waals surface area contributed by atoms with Crippen LogP contribution in [0.25, 0.3) is 0 Å². The van der Waals surface area contributed by atoms with E-state index in [2.05, 4.69) is 23.8 Å². The molecular weight excluding hydrogens is 266 g/mol. The molecule has 0 saturated carbocycles. The summed E-state index contributed by atoms with van der Waals surface area (Å²) in [5.41, 5.74) is 6.89. The molecule has 0 saturated heterocycles. The number of nitrogens with two attached hydrogens (primary N) is 1. The van der Waals surface area contributed by atoms with Gasteiger partial charge >= 0.3 is 0 Å². The maximum atomic E-state index is 6.15. The third-order valence-corrected chi connectivity index (χ3v) is 4.04. The monoisotopic (exact) mass is 279 g/mol. The van der Waals surface area contributed by atoms with Crippen molar-refractivity contribution in [3.8, 4) is 0 Å². The molecule has 0 aliphatic rings. The first kappa shape index (κ1) is 13.2. The lowest BCUT2D eigenvalue weighted by Gasteiger charge is -2.13. The second kappa shape index (κ2) is 5.59. The second-order valence-corrected chi connectivity index (χ2v) is 5.60. The molecule has 0 atom stereocenters. The third kappa shape index (κ3) is 2.76. The molecule has 0 fully saturated rings. The zero-order chi connectivity index (χ0) is 13.1. The van der Waals surface area contributed by atoms with E-state index in [1.807, 2.05) is 24.3 Å². The van der Waals surface area contributed by atoms with Gasteiger partial charge in [0.15, 0.2) is 0 Å². The number of nitrogen functional groups attached to an aromatic ring is 1. The normalized spacial score (nSPS) is 10.9. The molecule has 1 aromatic carbocycles. The van der Waals surface area contributed by atoms with Crippen molar-refractivity contribution < 1.29 is 0 Å². The Hall–Kier alpha value is -1.26. The Balaban J connectivity index is 2.41. The minimum absolute atomic E-state index is 0.274. The van der Waals surface area contributed by atoms with Gasteiger partial charge in [-0.1, -0.05) is 49.3 Å². The van der Waals surface area contributed by atoms with Crippen LogP contribution in [0.2, 0.25) is 5.02 Å². The van der Waals surface area contributed by atoms with E-state index in [1.165, 1.54) is 18.1 Å². The Morgan fingerprint density at radius 1 is 1.22 bits per heavy atom. The van der Waals surface area contributed by atoms with Crippen LogP contribution in [0.1, 0.15) is 25.3 Å². The van der Waals surface area contributed by atoms with Gasteiger partial charge in [0.25, 0.3) is 0 Å². The fraction of sp³-hybridized carbons (Fsp3) is 0.231. The van der Waals surface area contributed by atoms with Crippen molar-refractivity contribution in [2.75, 3.05) is 5.73 Å². The first-order valence-electron chi connectivity index (χ1n) is 5.62. The SMILES string of the molecule is CC(C)c1c(N)ncnc1Sc1ccccc1Cl. The summed E-state index contributed by atoms with van der Waals surface area (Å²) >= 11 is 7.67. The maximum absolute atomic E-state index is 6.15. The Labute approximate surface area is 116 Å². The highest BCUT2D eigenvalue weighted by molar-refractivity contribution is 7.99. The Kier molecular flexibility index (Phi) is 4.09. The van der Waals surface area contributed by atoms with Gasteiger partial charge in [-0.15, -0.1) is 0 Å². The van der Waals surface area contributed by atoms with E-state index in [9.17, 15) is 0 Å². The standard InChI is InChI=1S/C13H14ClN3S/c1-8(2)11-12(15)16-7-17-13(11)18-10-6-4-3-5-9(10)14/h3-8H,1-2H3,(H2,15,16,17). The lowest BCUT2D eigenvalue weighted by Crippen LogP contribution is -2.03. The van der Waals surface area contributed by atoms with Crippen LogP contribution >= 0.6 is 23.4 Å². The average molecular weight is 280 g/mol. The molecule has 2 aromatic rings. The van der Waals surface area contributed by atoms with Crippen LogP contribution in [0.4, 0.5) is 5.82 Å². The van der Waals surface area contributed by atoms with Crippen LogP contribution in [-0.4, -0.2) is 9.97 Å². The molecule has 0 aliphatic heterocycles. The van der Waals surface area contributed by atoms with Crippen molar-refractivity contribution in [1.82, 2.24) is 9.97 Å². The minimum atomic E-state index is 0.274. The predicted octanol–water partition coefficient (Wildman–Crippen LogP) is 3.99. The van der Waals surface area contributed by atoms with Gasteiger partial charge < -0.3 is 5.73 Å². The number of aromatic nitrogens is 2. The largest absolute Gasteiger partial charge is 0.383 e. The minimum Gasteiger partial charge on any atom is -0.383 e. The average Bonchev–Trinajstić information content (AvgIpc) is 2.31. The van der Waals surface area contributed by atoms with Gasteiger partial charge in [0, 0.05) is 10.5 Å². The lowest BCUT2D eigenvalue weighted by atomic mass is 10.1. The summed E-state index contributed by atoms with van der Waals surface area (Å²) in [6, 6.07) is 7.69. The van der Waals surface area contributed by atoms with Crippen molar-refractivity contribution >= 4 is 29.2 Å². The highest BCUT2D eigenvalue weighted by Crippen LogP contribution is 2.37. The molecule has 1 aromatic heterocycles. The van der Waals surface area contributed by atoms with Gasteiger partial charge in [-0.05, 0) is 18.1 Å². The molecule has 5 heteroatoms. The molecule has 0 unspecified atom stereocenters. The maximum Gasteiger partial charge on any atom is 0.131 e. The van der Waals surface area contributed by atoms with E-state index in [0.717, 1.165) is 20.5 Å². The van der Waals surface area contributed by atoms with Crippen LogP contribution in [0, 0.1) is 0 Å². The highest BCUT2D eigenvalue weighted by Gasteiger charge is 2.14. The lowest BCUT2D eigenvalue weighted by molar-refractivity contribution is 0.808. The fourth-order valence-electron chi connectivity index (χ4n) is 1.65. The molecular formula is C13H14ClN3S. The molecule has 2 N–H and O–H groups in total. The number of anilines is 1. The van der Waals surface area contributed by atoms with Gasteiger partial charge in [-0.25, -0.2) is 9.97 Å². The van der Waals surface area contributed by atoms with Crippen molar-refractivity contribution in [2.24, 2.45) is 0 Å². The first-order chi connectivity index (χ1) is 8.59. The van der Waals surface area contributed by atoms with Crippen LogP contribution in [0.3, 0.4) is 0 Å². The summed E-state index contributed by atoms with van der Waals surface area (Å²) in [5, 5.41) is 1.58. The van der Waals surface area contributed by atoms with Gasteiger partial charge in [0.1, 0.15) is 17.2 Å². The summed E-state index contributed by atoms with van der Waals surface area (Å²) in [4.78, 5) is 9.33. The molecule has 3 nitrogen and oxygen atoms in total. The quantitative estimate of drug-likeness (QED) is 0.863. The summed E-state index contributed by atoms with van der Waals surface area (Å²) in [7, 11) is 0. The smallest absolute Gasteiger partial charge is 0.131 e. The van der Waals surface area contributed by atoms with Crippen LogP contribution < -0.4 is 5.73 Å². The van der Waals surface area contributed by atoms with E-state index in [4.69, 9.17) is 17.3 Å². The Morgan fingerprint density at radius 3 is 2.61 bits per heavy atom. The number of rotatable bonds is 3. The van der Waals surface area contributed by atoms with Crippen molar-refractivity contribution in [2.45, 2.75) is 29.7 Å². The van der Waals surface area contributed by atoms with Crippen LogP contribution in [0.5, 0.6) is 0 Å². The molecule has 0 aliphatic carbocycles. The van der Waals surface area contributed by atoms with E-state index in [0.29, 0.717) is 5.82 Å².